The summed E-state index contributed by atoms with van der Waals surface area (Å²) in [6.07, 6.45) is 0. The average molecular weight is 327 g/mol. The third kappa shape index (κ3) is 4.01. The number of hydrogen-bond donors (Lipinski definition) is 1. The molecule has 2 rings (SSSR count). The second-order valence-corrected chi connectivity index (χ2v) is 6.41. The lowest BCUT2D eigenvalue weighted by atomic mass is 10.2. The smallest absolute Gasteiger partial charge is 0.258 e. The van der Waals surface area contributed by atoms with Crippen LogP contribution in [0.2, 0.25) is 5.02 Å². The van der Waals surface area contributed by atoms with E-state index in [2.05, 4.69) is 4.72 Å². The Morgan fingerprint density at radius 2 is 1.62 bits per heavy atom. The minimum Gasteiger partial charge on any atom is -0.258 e. The molecule has 0 atom stereocenters. The van der Waals surface area contributed by atoms with Crippen molar-refractivity contribution < 1.29 is 13.3 Å². The zero-order chi connectivity index (χ0) is 15.5. The molecular weight excluding hydrogens is 316 g/mol. The predicted molar refractivity (Wildman–Crippen MR) is 78.6 cm³/mol. The summed E-state index contributed by atoms with van der Waals surface area (Å²) < 4.78 is 26.5. The minimum absolute atomic E-state index is 0.0423. The van der Waals surface area contributed by atoms with Crippen LogP contribution in [0.5, 0.6) is 0 Å². The second-order valence-electron chi connectivity index (χ2n) is 4.20. The van der Waals surface area contributed by atoms with Crippen molar-refractivity contribution in [1.29, 1.82) is 0 Å². The number of nitro benzene ring substituents is 1. The van der Waals surface area contributed by atoms with Crippen molar-refractivity contribution in [2.75, 3.05) is 0 Å². The van der Waals surface area contributed by atoms with E-state index in [9.17, 15) is 18.5 Å². The van der Waals surface area contributed by atoms with Crippen molar-refractivity contribution >= 4 is 27.3 Å². The summed E-state index contributed by atoms with van der Waals surface area (Å²) in [5.74, 6) is 0. The molecule has 6 nitrogen and oxygen atoms in total. The molecule has 2 aromatic carbocycles. The SMILES string of the molecule is O=[N+]([O-])c1ccc(CNS(=O)(=O)c2ccc(Cl)cc2)cc1. The van der Waals surface area contributed by atoms with Gasteiger partial charge in [0.25, 0.3) is 5.69 Å². The van der Waals surface area contributed by atoms with Gasteiger partial charge in [0.1, 0.15) is 0 Å². The first-order valence-corrected chi connectivity index (χ1v) is 7.73. The number of nitro groups is 1. The summed E-state index contributed by atoms with van der Waals surface area (Å²) in [5, 5.41) is 11.0. The van der Waals surface area contributed by atoms with E-state index in [0.29, 0.717) is 10.6 Å². The number of nitrogens with one attached hydrogen (secondary N) is 1. The van der Waals surface area contributed by atoms with Crippen molar-refractivity contribution in [2.45, 2.75) is 11.4 Å². The quantitative estimate of drug-likeness (QED) is 0.675. The van der Waals surface area contributed by atoms with Gasteiger partial charge in [-0.05, 0) is 29.8 Å². The molecule has 0 amide bonds. The van der Waals surface area contributed by atoms with E-state index in [4.69, 9.17) is 11.6 Å². The van der Waals surface area contributed by atoms with Crippen molar-refractivity contribution in [2.24, 2.45) is 0 Å². The molecule has 0 heterocycles. The molecule has 0 aliphatic heterocycles. The van der Waals surface area contributed by atoms with E-state index in [1.807, 2.05) is 0 Å². The summed E-state index contributed by atoms with van der Waals surface area (Å²) in [6.45, 7) is 0.0446. The first-order valence-electron chi connectivity index (χ1n) is 5.87. The highest BCUT2D eigenvalue weighted by molar-refractivity contribution is 7.89. The molecule has 2 aromatic rings. The third-order valence-electron chi connectivity index (χ3n) is 2.74. The number of hydrogen-bond acceptors (Lipinski definition) is 4. The van der Waals surface area contributed by atoms with Gasteiger partial charge in [-0.3, -0.25) is 10.1 Å². The van der Waals surface area contributed by atoms with Crippen LogP contribution < -0.4 is 4.72 Å². The summed E-state index contributed by atoms with van der Waals surface area (Å²) >= 11 is 5.70. The third-order valence-corrected chi connectivity index (χ3v) is 4.41. The largest absolute Gasteiger partial charge is 0.269 e. The molecule has 0 saturated carbocycles. The fourth-order valence-electron chi connectivity index (χ4n) is 1.61. The summed E-state index contributed by atoms with van der Waals surface area (Å²) in [6, 6.07) is 11.4. The molecule has 0 bridgehead atoms. The Morgan fingerprint density at radius 1 is 1.05 bits per heavy atom. The zero-order valence-corrected chi connectivity index (χ0v) is 12.3. The fourth-order valence-corrected chi connectivity index (χ4v) is 2.75. The van der Waals surface area contributed by atoms with Gasteiger partial charge in [-0.2, -0.15) is 0 Å². The van der Waals surface area contributed by atoms with E-state index in [-0.39, 0.29) is 17.1 Å². The van der Waals surface area contributed by atoms with Crippen LogP contribution in [-0.4, -0.2) is 13.3 Å². The zero-order valence-electron chi connectivity index (χ0n) is 10.7. The second kappa shape index (κ2) is 6.21. The Balaban J connectivity index is 2.08. The Kier molecular flexibility index (Phi) is 4.56. The van der Waals surface area contributed by atoms with Gasteiger partial charge in [0.2, 0.25) is 10.0 Å². The van der Waals surface area contributed by atoms with Crippen LogP contribution in [0.4, 0.5) is 5.69 Å². The van der Waals surface area contributed by atoms with E-state index < -0.39 is 14.9 Å². The maximum atomic E-state index is 12.0. The molecular formula is C13H11ClN2O4S. The van der Waals surface area contributed by atoms with Crippen molar-refractivity contribution in [1.82, 2.24) is 4.72 Å². The lowest BCUT2D eigenvalue weighted by Gasteiger charge is -2.07. The number of rotatable bonds is 5. The van der Waals surface area contributed by atoms with Gasteiger partial charge in [-0.25, -0.2) is 13.1 Å². The number of benzene rings is 2. The van der Waals surface area contributed by atoms with Gasteiger partial charge in [0.15, 0.2) is 0 Å². The molecule has 0 aromatic heterocycles. The highest BCUT2D eigenvalue weighted by Gasteiger charge is 2.13. The number of sulfonamides is 1. The minimum atomic E-state index is -3.64. The normalized spacial score (nSPS) is 11.3. The lowest BCUT2D eigenvalue weighted by molar-refractivity contribution is -0.384. The van der Waals surface area contributed by atoms with E-state index in [0.717, 1.165) is 0 Å². The molecule has 0 aliphatic rings. The van der Waals surface area contributed by atoms with E-state index in [1.165, 1.54) is 48.5 Å². The van der Waals surface area contributed by atoms with Crippen LogP contribution in [0.3, 0.4) is 0 Å². The maximum Gasteiger partial charge on any atom is 0.269 e. The van der Waals surface area contributed by atoms with Crippen LogP contribution in [0.1, 0.15) is 5.56 Å². The maximum absolute atomic E-state index is 12.0. The van der Waals surface area contributed by atoms with Crippen molar-refractivity contribution in [3.8, 4) is 0 Å². The standard InChI is InChI=1S/C13H11ClN2O4S/c14-11-3-7-13(8-4-11)21(19,20)15-9-10-1-5-12(6-2-10)16(17)18/h1-8,15H,9H2. The van der Waals surface area contributed by atoms with Crippen LogP contribution in [0.25, 0.3) is 0 Å². The van der Waals surface area contributed by atoms with Crippen LogP contribution in [-0.2, 0) is 16.6 Å². The van der Waals surface area contributed by atoms with Crippen LogP contribution in [0, 0.1) is 10.1 Å². The number of nitrogens with zero attached hydrogens (tertiary/aromatic N) is 1. The molecule has 0 saturated heterocycles. The predicted octanol–water partition coefficient (Wildman–Crippen LogP) is 2.73. The average Bonchev–Trinajstić information content (AvgIpc) is 2.46. The molecule has 0 fully saturated rings. The molecule has 0 unspecified atom stereocenters. The van der Waals surface area contributed by atoms with Crippen molar-refractivity contribution in [3.63, 3.8) is 0 Å². The Bertz CT molecular complexity index is 743. The molecule has 8 heteroatoms. The van der Waals surface area contributed by atoms with Gasteiger partial charge < -0.3 is 0 Å². The fraction of sp³-hybridized carbons (Fsp3) is 0.0769. The number of non-ortho nitro benzene ring substituents is 1. The highest BCUT2D eigenvalue weighted by atomic mass is 35.5. The summed E-state index contributed by atoms with van der Waals surface area (Å²) in [4.78, 5) is 10.1. The summed E-state index contributed by atoms with van der Waals surface area (Å²) in [5.41, 5.74) is 0.581. The van der Waals surface area contributed by atoms with Gasteiger partial charge in [0.05, 0.1) is 9.82 Å². The highest BCUT2D eigenvalue weighted by Crippen LogP contribution is 2.15. The Hall–Kier alpha value is -1.96. The van der Waals surface area contributed by atoms with Crippen molar-refractivity contribution in [3.05, 3.63) is 69.2 Å². The monoisotopic (exact) mass is 326 g/mol. The van der Waals surface area contributed by atoms with Gasteiger partial charge in [-0.15, -0.1) is 0 Å². The van der Waals surface area contributed by atoms with Crippen LogP contribution in [0.15, 0.2) is 53.4 Å². The summed E-state index contributed by atoms with van der Waals surface area (Å²) in [7, 11) is -3.64. The molecule has 0 spiro atoms. The molecule has 1 N–H and O–H groups in total. The first kappa shape index (κ1) is 15.4. The van der Waals surface area contributed by atoms with Gasteiger partial charge in [0, 0.05) is 23.7 Å². The topological polar surface area (TPSA) is 89.3 Å². The lowest BCUT2D eigenvalue weighted by Crippen LogP contribution is -2.23. The van der Waals surface area contributed by atoms with E-state index >= 15 is 0 Å². The van der Waals surface area contributed by atoms with E-state index in [1.54, 1.807) is 0 Å². The molecule has 110 valence electrons. The van der Waals surface area contributed by atoms with Gasteiger partial charge in [-0.1, -0.05) is 23.7 Å². The first-order chi connectivity index (χ1) is 9.88. The van der Waals surface area contributed by atoms with Crippen LogP contribution >= 0.6 is 11.6 Å². The van der Waals surface area contributed by atoms with Gasteiger partial charge >= 0.3 is 0 Å². The number of halogens is 1. The Labute approximate surface area is 126 Å². The molecule has 0 aliphatic carbocycles. The molecule has 21 heavy (non-hydrogen) atoms. The Morgan fingerprint density at radius 3 is 2.14 bits per heavy atom. The molecule has 0 radical (unpaired) electrons.